The zero-order valence-corrected chi connectivity index (χ0v) is 13.1. The van der Waals surface area contributed by atoms with Crippen LogP contribution in [-0.4, -0.2) is 8.42 Å². The first-order valence-corrected chi connectivity index (χ1v) is 8.62. The Kier molecular flexibility index (Phi) is 4.41. The van der Waals surface area contributed by atoms with Gasteiger partial charge in [-0.1, -0.05) is 60.7 Å². The van der Waals surface area contributed by atoms with E-state index in [1.54, 1.807) is 36.4 Å². The minimum atomic E-state index is -3.60. The summed E-state index contributed by atoms with van der Waals surface area (Å²) >= 11 is 0. The molecule has 0 aliphatic carbocycles. The van der Waals surface area contributed by atoms with Crippen molar-refractivity contribution in [2.24, 2.45) is 0 Å². The minimum Gasteiger partial charge on any atom is -0.308 e. The second-order valence-corrected chi connectivity index (χ2v) is 6.67. The molecule has 0 amide bonds. The summed E-state index contributed by atoms with van der Waals surface area (Å²) in [7, 11) is -3.60. The fraction of sp³-hybridized carbons (Fsp3) is 0. The van der Waals surface area contributed by atoms with Gasteiger partial charge in [0.05, 0.1) is 10.6 Å². The molecule has 0 aliphatic heterocycles. The molecule has 3 aromatic rings. The maximum absolute atomic E-state index is 12.2. The maximum atomic E-state index is 12.2. The van der Waals surface area contributed by atoms with Crippen molar-refractivity contribution in [1.29, 1.82) is 0 Å². The van der Waals surface area contributed by atoms with Gasteiger partial charge in [-0.3, -0.25) is 0 Å². The fourth-order valence-electron chi connectivity index (χ4n) is 2.19. The van der Waals surface area contributed by atoms with Gasteiger partial charge in [0.25, 0.3) is 10.0 Å². The fourth-order valence-corrected chi connectivity index (χ4v) is 3.08. The molecule has 4 nitrogen and oxygen atoms in total. The van der Waals surface area contributed by atoms with Crippen LogP contribution in [0.1, 0.15) is 0 Å². The van der Waals surface area contributed by atoms with Gasteiger partial charge < -0.3 is 5.43 Å². The highest BCUT2D eigenvalue weighted by molar-refractivity contribution is 7.89. The van der Waals surface area contributed by atoms with E-state index >= 15 is 0 Å². The number of hydrogen-bond acceptors (Lipinski definition) is 3. The number of hydrazine groups is 1. The summed E-state index contributed by atoms with van der Waals surface area (Å²) in [6.07, 6.45) is 0. The maximum Gasteiger partial charge on any atom is 0.257 e. The molecule has 2 N–H and O–H groups in total. The summed E-state index contributed by atoms with van der Waals surface area (Å²) in [5, 5.41) is 0. The van der Waals surface area contributed by atoms with E-state index < -0.39 is 10.0 Å². The Morgan fingerprint density at radius 1 is 0.652 bits per heavy atom. The van der Waals surface area contributed by atoms with Gasteiger partial charge in [-0.2, -0.15) is 0 Å². The summed E-state index contributed by atoms with van der Waals surface area (Å²) in [6, 6.07) is 25.7. The van der Waals surface area contributed by atoms with E-state index in [4.69, 9.17) is 0 Å². The normalized spacial score (nSPS) is 11.1. The van der Waals surface area contributed by atoms with Crippen LogP contribution in [0.15, 0.2) is 89.8 Å². The van der Waals surface area contributed by atoms with Crippen LogP contribution in [0.25, 0.3) is 11.1 Å². The van der Waals surface area contributed by atoms with Gasteiger partial charge in [0.15, 0.2) is 0 Å². The molecule has 116 valence electrons. The molecule has 0 aliphatic rings. The molecule has 0 atom stereocenters. The van der Waals surface area contributed by atoms with Crippen LogP contribution < -0.4 is 10.3 Å². The zero-order valence-electron chi connectivity index (χ0n) is 12.3. The molecular formula is C18H16N2O2S. The third-order valence-corrected chi connectivity index (χ3v) is 4.62. The Hall–Kier alpha value is -2.63. The lowest BCUT2D eigenvalue weighted by Crippen LogP contribution is -2.29. The standard InChI is InChI=1S/C18H16N2O2S/c21-23(22,18-12-5-2-6-13-18)20-19-17-11-7-10-16(14-17)15-8-3-1-4-9-15/h1-14,19-20H. The first-order chi connectivity index (χ1) is 11.1. The largest absolute Gasteiger partial charge is 0.308 e. The van der Waals surface area contributed by atoms with Crippen molar-refractivity contribution < 1.29 is 8.42 Å². The number of rotatable bonds is 5. The van der Waals surface area contributed by atoms with Crippen molar-refractivity contribution >= 4 is 15.7 Å². The third-order valence-electron chi connectivity index (χ3n) is 3.35. The lowest BCUT2D eigenvalue weighted by Gasteiger charge is -2.10. The van der Waals surface area contributed by atoms with Crippen molar-refractivity contribution in [3.63, 3.8) is 0 Å². The SMILES string of the molecule is O=S(=O)(NNc1cccc(-c2ccccc2)c1)c1ccccc1. The summed E-state index contributed by atoms with van der Waals surface area (Å²) in [4.78, 5) is 2.61. The molecule has 5 heteroatoms. The number of hydrogen-bond donors (Lipinski definition) is 2. The molecule has 3 aromatic carbocycles. The second-order valence-electron chi connectivity index (χ2n) is 4.99. The van der Waals surface area contributed by atoms with Crippen molar-refractivity contribution in [2.45, 2.75) is 4.90 Å². The van der Waals surface area contributed by atoms with E-state index in [1.165, 1.54) is 0 Å². The van der Waals surface area contributed by atoms with Crippen LogP contribution in [0.2, 0.25) is 0 Å². The molecule has 0 aromatic heterocycles. The van der Waals surface area contributed by atoms with Crippen LogP contribution in [0.4, 0.5) is 5.69 Å². The van der Waals surface area contributed by atoms with Crippen LogP contribution in [0.5, 0.6) is 0 Å². The van der Waals surface area contributed by atoms with Crippen molar-refractivity contribution in [2.75, 3.05) is 5.43 Å². The Morgan fingerprint density at radius 3 is 1.96 bits per heavy atom. The molecule has 0 bridgehead atoms. The van der Waals surface area contributed by atoms with Gasteiger partial charge >= 0.3 is 0 Å². The summed E-state index contributed by atoms with van der Waals surface area (Å²) in [5.74, 6) is 0. The molecule has 0 radical (unpaired) electrons. The number of anilines is 1. The van der Waals surface area contributed by atoms with Gasteiger partial charge in [-0.25, -0.2) is 8.42 Å². The monoisotopic (exact) mass is 324 g/mol. The van der Waals surface area contributed by atoms with Gasteiger partial charge in [0.2, 0.25) is 0 Å². The second kappa shape index (κ2) is 6.64. The predicted octanol–water partition coefficient (Wildman–Crippen LogP) is 3.66. The highest BCUT2D eigenvalue weighted by Crippen LogP contribution is 2.22. The van der Waals surface area contributed by atoms with Crippen LogP contribution in [0.3, 0.4) is 0 Å². The summed E-state index contributed by atoms with van der Waals surface area (Å²) in [6.45, 7) is 0. The molecule has 0 fully saturated rings. The van der Waals surface area contributed by atoms with Gasteiger partial charge in [-0.15, -0.1) is 4.83 Å². The Balaban J connectivity index is 1.77. The molecular weight excluding hydrogens is 308 g/mol. The van der Waals surface area contributed by atoms with Crippen molar-refractivity contribution in [3.05, 3.63) is 84.9 Å². The predicted molar refractivity (Wildman–Crippen MR) is 92.3 cm³/mol. The number of sulfonamides is 1. The molecule has 3 rings (SSSR count). The van der Waals surface area contributed by atoms with Crippen LogP contribution in [0, 0.1) is 0 Å². The van der Waals surface area contributed by atoms with Crippen LogP contribution >= 0.6 is 0 Å². The van der Waals surface area contributed by atoms with Crippen molar-refractivity contribution in [1.82, 2.24) is 4.83 Å². The number of nitrogens with one attached hydrogen (secondary N) is 2. The van der Waals surface area contributed by atoms with E-state index in [1.807, 2.05) is 48.5 Å². The first kappa shape index (κ1) is 15.3. The molecule has 0 saturated carbocycles. The topological polar surface area (TPSA) is 58.2 Å². The molecule has 23 heavy (non-hydrogen) atoms. The van der Waals surface area contributed by atoms with E-state index in [0.29, 0.717) is 5.69 Å². The van der Waals surface area contributed by atoms with Gasteiger partial charge in [0, 0.05) is 0 Å². The molecule has 0 saturated heterocycles. The first-order valence-electron chi connectivity index (χ1n) is 7.13. The quantitative estimate of drug-likeness (QED) is 0.704. The Labute approximate surface area is 135 Å². The van der Waals surface area contributed by atoms with Crippen molar-refractivity contribution in [3.8, 4) is 11.1 Å². The van der Waals surface area contributed by atoms with E-state index in [-0.39, 0.29) is 4.90 Å². The highest BCUT2D eigenvalue weighted by Gasteiger charge is 2.12. The molecule has 0 spiro atoms. The average molecular weight is 324 g/mol. The Morgan fingerprint density at radius 2 is 1.26 bits per heavy atom. The molecule has 0 unspecified atom stereocenters. The van der Waals surface area contributed by atoms with E-state index in [9.17, 15) is 8.42 Å². The smallest absolute Gasteiger partial charge is 0.257 e. The zero-order chi connectivity index (χ0) is 16.1. The minimum absolute atomic E-state index is 0.215. The third kappa shape index (κ3) is 3.77. The lowest BCUT2D eigenvalue weighted by atomic mass is 10.1. The number of benzene rings is 3. The lowest BCUT2D eigenvalue weighted by molar-refractivity contribution is 0.588. The average Bonchev–Trinajstić information content (AvgIpc) is 2.62. The molecule has 0 heterocycles. The summed E-state index contributed by atoms with van der Waals surface area (Å²) < 4.78 is 24.4. The highest BCUT2D eigenvalue weighted by atomic mass is 32.2. The van der Waals surface area contributed by atoms with E-state index in [2.05, 4.69) is 10.3 Å². The van der Waals surface area contributed by atoms with E-state index in [0.717, 1.165) is 11.1 Å². The van der Waals surface area contributed by atoms with Gasteiger partial charge in [-0.05, 0) is 35.4 Å². The van der Waals surface area contributed by atoms with Gasteiger partial charge in [0.1, 0.15) is 0 Å². The summed E-state index contributed by atoms with van der Waals surface area (Å²) in [5.41, 5.74) is 5.51. The van der Waals surface area contributed by atoms with Crippen LogP contribution in [-0.2, 0) is 10.0 Å². The Bertz CT molecular complexity index is 879.